The van der Waals surface area contributed by atoms with Crippen LogP contribution in [0.25, 0.3) is 78.4 Å². The molecule has 9 rings (SSSR count). The number of fused-ring (bicyclic) bond motifs is 6. The molecule has 0 N–H and O–H groups in total. The van der Waals surface area contributed by atoms with Crippen molar-refractivity contribution in [2.24, 2.45) is 0 Å². The summed E-state index contributed by atoms with van der Waals surface area (Å²) in [4.78, 5) is 14.1. The molecule has 6 aromatic carbocycles. The average molecular weight is 624 g/mol. The Kier molecular flexibility index (Phi) is 3.97. The number of rotatable bonds is 4. The minimum absolute atomic E-state index is 0.0957. The molecule has 0 spiro atoms. The van der Waals surface area contributed by atoms with E-state index in [0.717, 1.165) is 11.1 Å². The second-order valence-electron chi connectivity index (χ2n) is 10.5. The first-order valence-electron chi connectivity index (χ1n) is 19.0. The summed E-state index contributed by atoms with van der Waals surface area (Å²) in [5.74, 6) is -0.859. The molecule has 46 heavy (non-hydrogen) atoms. The maximum absolute atomic E-state index is 13.3. The van der Waals surface area contributed by atoms with Gasteiger partial charge in [0.2, 0.25) is 9.84 Å². The highest BCUT2D eigenvalue weighted by Crippen LogP contribution is 2.45. The number of hydrogen-bond acceptors (Lipinski definition) is 6. The predicted molar refractivity (Wildman–Crippen MR) is 180 cm³/mol. The number of hydrogen-bond donors (Lipinski definition) is 0. The molecule has 8 aromatic rings. The van der Waals surface area contributed by atoms with E-state index in [9.17, 15) is 8.42 Å². The summed E-state index contributed by atoms with van der Waals surface area (Å²) in [5, 5.41) is 1.12. The highest BCUT2D eigenvalue weighted by Gasteiger charge is 2.32. The van der Waals surface area contributed by atoms with Crippen LogP contribution >= 0.6 is 0 Å². The molecule has 0 bridgehead atoms. The van der Waals surface area contributed by atoms with E-state index in [1.54, 1.807) is 60.7 Å². The summed E-state index contributed by atoms with van der Waals surface area (Å²) in [6, 6.07) is 16.3. The maximum Gasteiger partial charge on any atom is 0.207 e. The first kappa shape index (κ1) is 18.1. The van der Waals surface area contributed by atoms with Crippen LogP contribution < -0.4 is 0 Å². The Labute approximate surface area is 278 Å². The Morgan fingerprint density at radius 2 is 1.13 bits per heavy atom. The molecule has 7 heteroatoms. The van der Waals surface area contributed by atoms with Crippen molar-refractivity contribution < 1.29 is 26.5 Å². The molecular formula is C39H23N3O3S. The lowest BCUT2D eigenvalue weighted by atomic mass is 9.97. The van der Waals surface area contributed by atoms with Crippen molar-refractivity contribution >= 4 is 31.8 Å². The van der Waals surface area contributed by atoms with Crippen molar-refractivity contribution in [1.29, 1.82) is 0 Å². The van der Waals surface area contributed by atoms with Gasteiger partial charge in [-0.15, -0.1) is 0 Å². The van der Waals surface area contributed by atoms with Crippen LogP contribution in [-0.4, -0.2) is 23.4 Å². The zero-order chi connectivity index (χ0) is 39.5. The topological polar surface area (TPSA) is 86.0 Å². The average Bonchev–Trinajstić information content (AvgIpc) is 3.69. The molecule has 0 atom stereocenters. The monoisotopic (exact) mass is 623 g/mol. The Balaban J connectivity index is 1.30. The van der Waals surface area contributed by atoms with E-state index in [-0.39, 0.29) is 38.4 Å². The summed E-state index contributed by atoms with van der Waals surface area (Å²) < 4.78 is 117. The predicted octanol–water partition coefficient (Wildman–Crippen LogP) is 9.25. The van der Waals surface area contributed by atoms with Crippen molar-refractivity contribution in [3.8, 4) is 56.4 Å². The van der Waals surface area contributed by atoms with Crippen LogP contribution in [0.5, 0.6) is 0 Å². The van der Waals surface area contributed by atoms with E-state index in [1.165, 1.54) is 0 Å². The normalized spacial score (nSPS) is 16.2. The molecular weight excluding hydrogens is 591 g/mol. The molecule has 6 nitrogen and oxygen atoms in total. The summed E-state index contributed by atoms with van der Waals surface area (Å²) in [6.07, 6.45) is 0. The Hall–Kier alpha value is -5.92. The first-order valence-corrected chi connectivity index (χ1v) is 15.5. The van der Waals surface area contributed by atoms with Gasteiger partial charge >= 0.3 is 0 Å². The highest BCUT2D eigenvalue weighted by molar-refractivity contribution is 7.92. The molecule has 0 saturated heterocycles. The van der Waals surface area contributed by atoms with Crippen molar-refractivity contribution in [3.05, 3.63) is 139 Å². The Morgan fingerprint density at radius 3 is 1.87 bits per heavy atom. The van der Waals surface area contributed by atoms with E-state index in [4.69, 9.17) is 18.1 Å². The van der Waals surface area contributed by atoms with Crippen molar-refractivity contribution in [3.63, 3.8) is 0 Å². The third-order valence-corrected chi connectivity index (χ3v) is 9.76. The fraction of sp³-hybridized carbons (Fsp3) is 0. The zero-order valence-electron chi connectivity index (χ0n) is 33.5. The van der Waals surface area contributed by atoms with Crippen LogP contribution in [0.15, 0.2) is 153 Å². The molecule has 218 valence electrons. The van der Waals surface area contributed by atoms with E-state index in [1.807, 2.05) is 18.2 Å². The van der Waals surface area contributed by atoms with Gasteiger partial charge in [0.05, 0.1) is 23.5 Å². The largest absolute Gasteiger partial charge is 0.456 e. The number of aromatic nitrogens is 3. The fourth-order valence-corrected chi connectivity index (χ4v) is 7.50. The van der Waals surface area contributed by atoms with Crippen LogP contribution in [0.2, 0.25) is 0 Å². The maximum atomic E-state index is 13.3. The van der Waals surface area contributed by atoms with E-state index >= 15 is 0 Å². The zero-order valence-corrected chi connectivity index (χ0v) is 24.3. The fourth-order valence-electron chi connectivity index (χ4n) is 5.83. The second-order valence-corrected chi connectivity index (χ2v) is 12.4. The number of nitrogens with zero attached hydrogens (tertiary/aromatic N) is 3. The molecule has 0 saturated carbocycles. The van der Waals surface area contributed by atoms with Crippen molar-refractivity contribution in [2.45, 2.75) is 9.79 Å². The highest BCUT2D eigenvalue weighted by atomic mass is 32.2. The lowest BCUT2D eigenvalue weighted by Gasteiger charge is -2.09. The van der Waals surface area contributed by atoms with Crippen LogP contribution in [-0.2, 0) is 9.84 Å². The Morgan fingerprint density at radius 1 is 0.522 bits per heavy atom. The van der Waals surface area contributed by atoms with Crippen LogP contribution in [0, 0.1) is 0 Å². The van der Waals surface area contributed by atoms with Gasteiger partial charge in [0.15, 0.2) is 17.5 Å². The van der Waals surface area contributed by atoms with E-state index < -0.39 is 70.3 Å². The molecule has 1 aliphatic heterocycles. The SMILES string of the molecule is [2H]c1c([2H])c([2H])c(-c2nc(-c3c([2H])c([2H])c([2H])c([2H])c3[2H])nc(-c3cccc4oc5ccc(-c6ccc7c(c6)-c6ccccc6S7(=O)=O)cc5c34)n2)c([2H])c1[2H]. The van der Waals surface area contributed by atoms with Gasteiger partial charge in [-0.05, 0) is 47.5 Å². The third-order valence-electron chi connectivity index (χ3n) is 7.89. The minimum Gasteiger partial charge on any atom is -0.456 e. The van der Waals surface area contributed by atoms with Gasteiger partial charge in [-0.1, -0.05) is 103 Å². The summed E-state index contributed by atoms with van der Waals surface area (Å²) in [6.45, 7) is 0. The summed E-state index contributed by atoms with van der Waals surface area (Å²) in [7, 11) is -3.67. The van der Waals surface area contributed by atoms with Crippen LogP contribution in [0.3, 0.4) is 0 Å². The van der Waals surface area contributed by atoms with Gasteiger partial charge in [0.1, 0.15) is 11.2 Å². The summed E-state index contributed by atoms with van der Waals surface area (Å²) >= 11 is 0. The number of furan rings is 1. The molecule has 0 radical (unpaired) electrons. The molecule has 0 amide bonds. The second kappa shape index (κ2) is 10.1. The van der Waals surface area contributed by atoms with E-state index in [0.29, 0.717) is 38.6 Å². The van der Waals surface area contributed by atoms with Gasteiger partial charge in [0.25, 0.3) is 0 Å². The molecule has 0 unspecified atom stereocenters. The van der Waals surface area contributed by atoms with Crippen LogP contribution in [0.1, 0.15) is 13.7 Å². The van der Waals surface area contributed by atoms with Crippen molar-refractivity contribution in [1.82, 2.24) is 15.0 Å². The molecule has 0 aliphatic carbocycles. The lowest BCUT2D eigenvalue weighted by Crippen LogP contribution is -2.00. The molecule has 2 aromatic heterocycles. The van der Waals surface area contributed by atoms with E-state index in [2.05, 4.69) is 15.0 Å². The minimum atomic E-state index is -3.67. The standard InChI is InChI=1S/C39H23N3O3S/c43-46(44)34-17-8-7-14-28(34)30-22-27(19-21-35(30)46)26-18-20-32-31(23-26)36-29(15-9-16-33(36)45-32)39-41-37(24-10-3-1-4-11-24)40-38(42-39)25-12-5-2-6-13-25/h1-23H/i1D,2D,3D,4D,5D,6D,10D,11D,12D,13D. The molecule has 1 aliphatic rings. The number of sulfone groups is 1. The quantitative estimate of drug-likeness (QED) is 0.194. The van der Waals surface area contributed by atoms with Gasteiger partial charge in [-0.3, -0.25) is 0 Å². The van der Waals surface area contributed by atoms with Crippen LogP contribution in [0.4, 0.5) is 0 Å². The molecule has 3 heterocycles. The van der Waals surface area contributed by atoms with Gasteiger partial charge in [0, 0.05) is 38.6 Å². The lowest BCUT2D eigenvalue weighted by molar-refractivity contribution is 0.598. The number of benzene rings is 6. The summed E-state index contributed by atoms with van der Waals surface area (Å²) in [5.41, 5.74) is 3.15. The van der Waals surface area contributed by atoms with Gasteiger partial charge in [-0.2, -0.15) is 0 Å². The Bertz CT molecular complexity index is 3040. The third kappa shape index (κ3) is 4.09. The molecule has 0 fully saturated rings. The van der Waals surface area contributed by atoms with Gasteiger partial charge < -0.3 is 4.42 Å². The smallest absolute Gasteiger partial charge is 0.207 e. The van der Waals surface area contributed by atoms with Crippen molar-refractivity contribution in [2.75, 3.05) is 0 Å². The first-order chi connectivity index (χ1) is 26.7. The van der Waals surface area contributed by atoms with Gasteiger partial charge in [-0.25, -0.2) is 23.4 Å².